The molecule has 0 aliphatic rings. The largest absolute Gasteiger partial charge is 0.235 e. The molecule has 0 radical (unpaired) electrons. The molecule has 0 bridgehead atoms. The fourth-order valence-electron chi connectivity index (χ4n) is 1.88. The number of halogens is 7. The fraction of sp³-hybridized carbons (Fsp3) is 0.400. The summed E-state index contributed by atoms with van der Waals surface area (Å²) in [5, 5.41) is 0. The Morgan fingerprint density at radius 1 is 0.500 bits per heavy atom. The van der Waals surface area contributed by atoms with Gasteiger partial charge in [0.25, 0.3) is 0 Å². The standard InChI is InChI=1S/2C10H14.6FH.H2I.Sb/c2*1-10(2,3)9-7-5-4-6-8-9;;;;;;;;/h2*4-8H,1-3H3;6*1H;1H2;/q;;;;;;;;+1;+5/p-6. The molecular weight excluding hydrogens is 603 g/mol. The van der Waals surface area contributed by atoms with Crippen molar-refractivity contribution in [1.29, 1.82) is 0 Å². The van der Waals surface area contributed by atoms with E-state index < -0.39 is 19.5 Å². The zero-order chi connectivity index (χ0) is 21.6. The smallest absolute Gasteiger partial charge is 0.235 e. The summed E-state index contributed by atoms with van der Waals surface area (Å²) in [7, 11) is 0. The van der Waals surface area contributed by atoms with Gasteiger partial charge in [0.2, 0.25) is 24.0 Å². The molecule has 2 aromatic rings. The second-order valence-electron chi connectivity index (χ2n) is 8.19. The molecule has 8 heteroatoms. The molecule has 0 saturated carbocycles. The molecule has 2 rings (SSSR count). The minimum absolute atomic E-state index is 0. The molecule has 0 spiro atoms. The third-order valence-corrected chi connectivity index (χ3v) is 3.28. The predicted octanol–water partition coefficient (Wildman–Crippen LogP) is 4.58. The average Bonchev–Trinajstić information content (AvgIpc) is 2.45. The van der Waals surface area contributed by atoms with Crippen molar-refractivity contribution in [3.05, 3.63) is 71.8 Å². The van der Waals surface area contributed by atoms with Gasteiger partial charge >= 0.3 is 36.4 Å². The van der Waals surface area contributed by atoms with Gasteiger partial charge in [-0.05, 0) is 22.0 Å². The molecule has 28 heavy (non-hydrogen) atoms. The van der Waals surface area contributed by atoms with E-state index in [-0.39, 0.29) is 24.0 Å². The third-order valence-electron chi connectivity index (χ3n) is 3.28. The van der Waals surface area contributed by atoms with Crippen LogP contribution >= 0.6 is 0 Å². The van der Waals surface area contributed by atoms with Crippen molar-refractivity contribution >= 4 is 19.5 Å². The summed E-state index contributed by atoms with van der Waals surface area (Å²) in [4.78, 5) is 0. The van der Waals surface area contributed by atoms with Crippen molar-refractivity contribution in [2.45, 2.75) is 52.4 Å². The summed E-state index contributed by atoms with van der Waals surface area (Å²) < 4.78 is 59.6. The molecule has 0 N–H and O–H groups in total. The van der Waals surface area contributed by atoms with E-state index in [9.17, 15) is 16.9 Å². The molecule has 2 aromatic carbocycles. The third kappa shape index (κ3) is 20.3. The summed E-state index contributed by atoms with van der Waals surface area (Å²) in [5.41, 5.74) is 3.38. The molecule has 0 atom stereocenters. The molecule has 0 nitrogen and oxygen atoms in total. The van der Waals surface area contributed by atoms with E-state index in [0.717, 1.165) is 0 Å². The molecular formula is C20H30F6ISb. The van der Waals surface area contributed by atoms with E-state index in [2.05, 4.69) is 102 Å². The Kier molecular flexibility index (Phi) is 10.2. The first-order valence-electron chi connectivity index (χ1n) is 8.34. The molecule has 0 aliphatic carbocycles. The zero-order valence-electron chi connectivity index (χ0n) is 16.9. The van der Waals surface area contributed by atoms with E-state index in [1.165, 1.54) is 11.1 Å². The number of hydrogen-bond acceptors (Lipinski definition) is 0. The minimum Gasteiger partial charge on any atom is 0.235 e. The number of rotatable bonds is 0. The Hall–Kier alpha value is -0.432. The maximum Gasteiger partial charge on any atom is 0.235 e. The van der Waals surface area contributed by atoms with E-state index >= 15 is 0 Å². The Bertz CT molecular complexity index is 624. The normalized spacial score (nSPS) is 14.0. The molecule has 0 fully saturated rings. The summed E-state index contributed by atoms with van der Waals surface area (Å²) >= 11 is -11.2. The molecule has 0 heterocycles. The van der Waals surface area contributed by atoms with Gasteiger partial charge in [-0.25, -0.2) is 0 Å². The van der Waals surface area contributed by atoms with E-state index in [1.807, 2.05) is 0 Å². The monoisotopic (exact) mass is 632 g/mol. The van der Waals surface area contributed by atoms with Crippen LogP contribution in [-0.2, 0) is 10.8 Å². The van der Waals surface area contributed by atoms with Gasteiger partial charge in [0.15, 0.2) is 0 Å². The Labute approximate surface area is 183 Å². The molecule has 0 saturated heterocycles. The van der Waals surface area contributed by atoms with Gasteiger partial charge in [0.1, 0.15) is 0 Å². The van der Waals surface area contributed by atoms with Crippen LogP contribution in [0.15, 0.2) is 60.7 Å². The first kappa shape index (κ1) is 29.8. The van der Waals surface area contributed by atoms with Crippen LogP contribution in [0.2, 0.25) is 0 Å². The van der Waals surface area contributed by atoms with E-state index in [1.54, 1.807) is 0 Å². The van der Waals surface area contributed by atoms with Crippen molar-refractivity contribution in [2.24, 2.45) is 0 Å². The quantitative estimate of drug-likeness (QED) is 0.227. The van der Waals surface area contributed by atoms with Crippen molar-refractivity contribution < 1.29 is 40.9 Å². The first-order chi connectivity index (χ1) is 11.7. The van der Waals surface area contributed by atoms with Gasteiger partial charge in [-0.2, -0.15) is 0 Å². The maximum absolute atomic E-state index is 11.2. The van der Waals surface area contributed by atoms with Crippen LogP contribution in [0.3, 0.4) is 0 Å². The van der Waals surface area contributed by atoms with Crippen molar-refractivity contribution in [1.82, 2.24) is 0 Å². The van der Waals surface area contributed by atoms with Crippen LogP contribution in [0.4, 0.5) is 16.9 Å². The van der Waals surface area contributed by atoms with Crippen LogP contribution in [0.5, 0.6) is 0 Å². The number of hydrogen-bond donors (Lipinski definition) is 0. The van der Waals surface area contributed by atoms with Crippen LogP contribution in [0.1, 0.15) is 52.7 Å². The predicted molar refractivity (Wildman–Crippen MR) is 105 cm³/mol. The average molecular weight is 633 g/mol. The first-order valence-corrected chi connectivity index (χ1v) is 14.1. The van der Waals surface area contributed by atoms with Crippen LogP contribution in [0, 0.1) is 0 Å². The fourth-order valence-corrected chi connectivity index (χ4v) is 1.88. The molecule has 164 valence electrons. The van der Waals surface area contributed by atoms with Gasteiger partial charge in [-0.15, -0.1) is 0 Å². The van der Waals surface area contributed by atoms with Gasteiger partial charge < -0.3 is 0 Å². The summed E-state index contributed by atoms with van der Waals surface area (Å²) in [5.74, 6) is 0. The molecule has 0 aliphatic heterocycles. The number of benzene rings is 2. The van der Waals surface area contributed by atoms with Gasteiger partial charge in [0, 0.05) is 0 Å². The molecule has 0 unspecified atom stereocenters. The second kappa shape index (κ2) is 9.58. The SMILES string of the molecule is CC(C)(C)c1ccccc1.CC(C)(C)c1ccccc1.[F][Sb-]([F])([F])([F])([F])[F].[IH2+]. The van der Waals surface area contributed by atoms with E-state index in [0.29, 0.717) is 10.8 Å². The Balaban J connectivity index is 0. The van der Waals surface area contributed by atoms with Crippen LogP contribution < -0.4 is 24.0 Å². The van der Waals surface area contributed by atoms with Gasteiger partial charge in [-0.3, -0.25) is 0 Å². The van der Waals surface area contributed by atoms with Crippen molar-refractivity contribution in [3.8, 4) is 0 Å². The Morgan fingerprint density at radius 2 is 0.679 bits per heavy atom. The maximum atomic E-state index is 9.93. The van der Waals surface area contributed by atoms with Crippen LogP contribution in [0.25, 0.3) is 0 Å². The van der Waals surface area contributed by atoms with Gasteiger partial charge in [-0.1, -0.05) is 102 Å². The molecule has 0 amide bonds. The molecule has 0 aromatic heterocycles. The summed E-state index contributed by atoms with van der Waals surface area (Å²) in [6, 6.07) is 21.1. The Morgan fingerprint density at radius 3 is 0.786 bits per heavy atom. The second-order valence-corrected chi connectivity index (χ2v) is 13.7. The summed E-state index contributed by atoms with van der Waals surface area (Å²) in [6.07, 6.45) is 0. The minimum atomic E-state index is -11.2. The van der Waals surface area contributed by atoms with Crippen molar-refractivity contribution in [3.63, 3.8) is 0 Å². The zero-order valence-corrected chi connectivity index (χ0v) is 22.0. The van der Waals surface area contributed by atoms with Crippen LogP contribution in [-0.4, -0.2) is 19.5 Å². The summed E-state index contributed by atoms with van der Waals surface area (Å²) in [6.45, 7) is 13.3. The van der Waals surface area contributed by atoms with Crippen molar-refractivity contribution in [2.75, 3.05) is 0 Å². The topological polar surface area (TPSA) is 0 Å². The van der Waals surface area contributed by atoms with E-state index in [4.69, 9.17) is 0 Å². The van der Waals surface area contributed by atoms with Gasteiger partial charge in [0.05, 0.1) is 0 Å².